The zero-order chi connectivity index (χ0) is 9.97. The van der Waals surface area contributed by atoms with Gasteiger partial charge in [-0.1, -0.05) is 18.0 Å². The maximum Gasteiger partial charge on any atom is 0.271 e. The lowest BCUT2D eigenvalue weighted by Gasteiger charge is -2.25. The molecule has 1 aromatic rings. The molecule has 0 unspecified atom stereocenters. The molecule has 1 fully saturated rings. The van der Waals surface area contributed by atoms with Gasteiger partial charge in [0.2, 0.25) is 0 Å². The van der Waals surface area contributed by atoms with Gasteiger partial charge in [-0.2, -0.15) is 5.10 Å². The molecule has 0 atom stereocenters. The molecule has 1 aromatic heterocycles. The predicted molar refractivity (Wildman–Crippen MR) is 53.3 cm³/mol. The van der Waals surface area contributed by atoms with Crippen molar-refractivity contribution in [2.24, 2.45) is 5.92 Å². The standard InChI is InChI=1S/C9H12ClN3O/c10-8-4-7(12-13-8)9(14)11-5-6-2-1-3-6/h4,6H,1-3,5H2,(H,11,14)(H,12,13). The van der Waals surface area contributed by atoms with Gasteiger partial charge >= 0.3 is 0 Å². The van der Waals surface area contributed by atoms with Gasteiger partial charge in [0.1, 0.15) is 5.15 Å². The molecule has 1 aliphatic rings. The van der Waals surface area contributed by atoms with Gasteiger partial charge in [-0.25, -0.2) is 0 Å². The van der Waals surface area contributed by atoms with Crippen molar-refractivity contribution >= 4 is 17.5 Å². The van der Waals surface area contributed by atoms with Crippen LogP contribution in [-0.4, -0.2) is 22.6 Å². The number of carbonyl (C=O) groups excluding carboxylic acids is 1. The molecule has 0 aliphatic heterocycles. The van der Waals surface area contributed by atoms with Gasteiger partial charge in [0.25, 0.3) is 5.91 Å². The average Bonchev–Trinajstić information content (AvgIpc) is 2.49. The highest BCUT2D eigenvalue weighted by Crippen LogP contribution is 2.25. The average molecular weight is 214 g/mol. The quantitative estimate of drug-likeness (QED) is 0.801. The van der Waals surface area contributed by atoms with Gasteiger partial charge in [-0.3, -0.25) is 9.89 Å². The lowest BCUT2D eigenvalue weighted by Crippen LogP contribution is -2.32. The summed E-state index contributed by atoms with van der Waals surface area (Å²) in [5.41, 5.74) is 0.356. The molecule has 76 valence electrons. The molecule has 1 heterocycles. The van der Waals surface area contributed by atoms with Crippen LogP contribution < -0.4 is 5.32 Å². The van der Waals surface area contributed by atoms with E-state index < -0.39 is 0 Å². The van der Waals surface area contributed by atoms with E-state index in [0.29, 0.717) is 16.8 Å². The summed E-state index contributed by atoms with van der Waals surface area (Å²) in [5.74, 6) is 0.508. The second-order valence-corrected chi connectivity index (χ2v) is 4.02. The summed E-state index contributed by atoms with van der Waals surface area (Å²) in [6, 6.07) is 1.53. The molecule has 0 saturated heterocycles. The lowest BCUT2D eigenvalue weighted by molar-refractivity contribution is 0.0934. The van der Waals surface area contributed by atoms with Crippen molar-refractivity contribution in [3.8, 4) is 0 Å². The minimum Gasteiger partial charge on any atom is -0.350 e. The first-order valence-corrected chi connectivity index (χ1v) is 5.12. The van der Waals surface area contributed by atoms with Crippen LogP contribution in [0.15, 0.2) is 6.07 Å². The first-order valence-electron chi connectivity index (χ1n) is 4.75. The summed E-state index contributed by atoms with van der Waals surface area (Å²) in [4.78, 5) is 11.5. The summed E-state index contributed by atoms with van der Waals surface area (Å²) in [7, 11) is 0. The largest absolute Gasteiger partial charge is 0.350 e. The fourth-order valence-electron chi connectivity index (χ4n) is 1.44. The summed E-state index contributed by atoms with van der Waals surface area (Å²) in [5, 5.41) is 9.51. The Morgan fingerprint density at radius 1 is 1.71 bits per heavy atom. The number of rotatable bonds is 3. The van der Waals surface area contributed by atoms with Crippen molar-refractivity contribution in [1.82, 2.24) is 15.5 Å². The molecule has 1 saturated carbocycles. The van der Waals surface area contributed by atoms with Crippen LogP contribution in [0.4, 0.5) is 0 Å². The number of nitrogens with zero attached hydrogens (tertiary/aromatic N) is 1. The molecule has 0 bridgehead atoms. The van der Waals surface area contributed by atoms with Crippen molar-refractivity contribution in [1.29, 1.82) is 0 Å². The van der Waals surface area contributed by atoms with E-state index >= 15 is 0 Å². The molecule has 4 nitrogen and oxygen atoms in total. The maximum absolute atomic E-state index is 11.5. The Morgan fingerprint density at radius 2 is 2.50 bits per heavy atom. The Kier molecular flexibility index (Phi) is 2.72. The van der Waals surface area contributed by atoms with Gasteiger partial charge in [0.15, 0.2) is 5.69 Å². The number of aromatic nitrogens is 2. The Morgan fingerprint density at radius 3 is 3.00 bits per heavy atom. The van der Waals surface area contributed by atoms with Crippen LogP contribution >= 0.6 is 11.6 Å². The lowest BCUT2D eigenvalue weighted by atomic mass is 9.85. The number of hydrogen-bond donors (Lipinski definition) is 2. The van der Waals surface area contributed by atoms with E-state index in [4.69, 9.17) is 11.6 Å². The van der Waals surface area contributed by atoms with E-state index in [1.54, 1.807) is 0 Å². The van der Waals surface area contributed by atoms with Crippen molar-refractivity contribution in [3.05, 3.63) is 16.9 Å². The number of aromatic amines is 1. The predicted octanol–water partition coefficient (Wildman–Crippen LogP) is 1.59. The van der Waals surface area contributed by atoms with E-state index in [1.807, 2.05) is 0 Å². The molecule has 1 aliphatic carbocycles. The van der Waals surface area contributed by atoms with Gasteiger partial charge in [-0.15, -0.1) is 0 Å². The number of H-pyrrole nitrogens is 1. The summed E-state index contributed by atoms with van der Waals surface area (Å²) in [6.45, 7) is 0.753. The molecular formula is C9H12ClN3O. The van der Waals surface area contributed by atoms with Crippen molar-refractivity contribution < 1.29 is 4.79 Å². The van der Waals surface area contributed by atoms with Crippen LogP contribution in [-0.2, 0) is 0 Å². The fourth-order valence-corrected chi connectivity index (χ4v) is 1.58. The third kappa shape index (κ3) is 2.07. The fraction of sp³-hybridized carbons (Fsp3) is 0.556. The third-order valence-electron chi connectivity index (χ3n) is 2.56. The first kappa shape index (κ1) is 9.52. The summed E-state index contributed by atoms with van der Waals surface area (Å²) >= 11 is 5.61. The molecule has 0 spiro atoms. The molecule has 0 radical (unpaired) electrons. The van der Waals surface area contributed by atoms with Gasteiger partial charge in [-0.05, 0) is 18.8 Å². The molecule has 14 heavy (non-hydrogen) atoms. The van der Waals surface area contributed by atoms with Crippen molar-refractivity contribution in [2.45, 2.75) is 19.3 Å². The highest BCUT2D eigenvalue weighted by molar-refractivity contribution is 6.29. The number of amides is 1. The molecule has 0 aromatic carbocycles. The second kappa shape index (κ2) is 4.00. The van der Waals surface area contributed by atoms with Crippen LogP contribution in [0.1, 0.15) is 29.8 Å². The summed E-state index contributed by atoms with van der Waals surface area (Å²) in [6.07, 6.45) is 3.73. The Bertz CT molecular complexity index is 333. The summed E-state index contributed by atoms with van der Waals surface area (Å²) < 4.78 is 0. The number of nitrogens with one attached hydrogen (secondary N) is 2. The van der Waals surface area contributed by atoms with E-state index in [9.17, 15) is 4.79 Å². The van der Waals surface area contributed by atoms with Crippen LogP contribution in [0.3, 0.4) is 0 Å². The SMILES string of the molecule is O=C(NCC1CCC1)c1cc(Cl)[nH]n1. The van der Waals surface area contributed by atoms with E-state index in [1.165, 1.54) is 25.3 Å². The van der Waals surface area contributed by atoms with Crippen LogP contribution in [0.25, 0.3) is 0 Å². The molecular weight excluding hydrogens is 202 g/mol. The van der Waals surface area contributed by atoms with Gasteiger partial charge < -0.3 is 5.32 Å². The normalized spacial score (nSPS) is 16.4. The zero-order valence-electron chi connectivity index (χ0n) is 7.72. The van der Waals surface area contributed by atoms with Crippen LogP contribution in [0.5, 0.6) is 0 Å². The molecule has 1 amide bonds. The highest BCUT2D eigenvalue weighted by Gasteiger charge is 2.18. The Labute approximate surface area is 87.0 Å². The van der Waals surface area contributed by atoms with Gasteiger partial charge in [0.05, 0.1) is 0 Å². The minimum absolute atomic E-state index is 0.153. The van der Waals surface area contributed by atoms with Crippen molar-refractivity contribution in [3.63, 3.8) is 0 Å². The highest BCUT2D eigenvalue weighted by atomic mass is 35.5. The second-order valence-electron chi connectivity index (χ2n) is 3.61. The van der Waals surface area contributed by atoms with Crippen LogP contribution in [0, 0.1) is 5.92 Å². The minimum atomic E-state index is -0.153. The van der Waals surface area contributed by atoms with Crippen molar-refractivity contribution in [2.75, 3.05) is 6.54 Å². The van der Waals surface area contributed by atoms with E-state index in [0.717, 1.165) is 6.54 Å². The Hall–Kier alpha value is -1.03. The van der Waals surface area contributed by atoms with E-state index in [2.05, 4.69) is 15.5 Å². The monoisotopic (exact) mass is 213 g/mol. The first-order chi connectivity index (χ1) is 6.75. The maximum atomic E-state index is 11.5. The number of halogens is 1. The topological polar surface area (TPSA) is 57.8 Å². The van der Waals surface area contributed by atoms with Crippen LogP contribution in [0.2, 0.25) is 5.15 Å². The third-order valence-corrected chi connectivity index (χ3v) is 2.75. The van der Waals surface area contributed by atoms with Gasteiger partial charge in [0, 0.05) is 12.6 Å². The van der Waals surface area contributed by atoms with E-state index in [-0.39, 0.29) is 5.91 Å². The molecule has 2 rings (SSSR count). The smallest absolute Gasteiger partial charge is 0.271 e. The number of carbonyl (C=O) groups is 1. The molecule has 5 heteroatoms. The Balaban J connectivity index is 1.82. The zero-order valence-corrected chi connectivity index (χ0v) is 8.47. The molecule has 2 N–H and O–H groups in total. The number of hydrogen-bond acceptors (Lipinski definition) is 2.